The van der Waals surface area contributed by atoms with Crippen molar-refractivity contribution in [3.05, 3.63) is 36.4 Å². The van der Waals surface area contributed by atoms with E-state index in [4.69, 9.17) is 17.2 Å². The molecule has 0 aliphatic carbocycles. The van der Waals surface area contributed by atoms with Gasteiger partial charge in [-0.25, -0.2) is 14.8 Å². The smallest absolute Gasteiger partial charge is 0.326 e. The van der Waals surface area contributed by atoms with Crippen molar-refractivity contribution in [2.75, 3.05) is 6.54 Å². The van der Waals surface area contributed by atoms with Crippen LogP contribution in [0.3, 0.4) is 0 Å². The number of carboxylic acid groups (broad SMARTS) is 1. The highest BCUT2D eigenvalue weighted by Crippen LogP contribution is 2.06. The third-order valence-electron chi connectivity index (χ3n) is 5.20. The molecule has 0 saturated carbocycles. The molecule has 37 heavy (non-hydrogen) atoms. The van der Waals surface area contributed by atoms with Crippen LogP contribution in [0.1, 0.15) is 31.2 Å². The molecule has 0 fully saturated rings. The van der Waals surface area contributed by atoms with Crippen LogP contribution in [-0.4, -0.2) is 85.4 Å². The van der Waals surface area contributed by atoms with E-state index in [1.54, 1.807) is 0 Å². The fourth-order valence-electron chi connectivity index (χ4n) is 3.26. The summed E-state index contributed by atoms with van der Waals surface area (Å²) in [6, 6.07) is -4.41. The van der Waals surface area contributed by atoms with E-state index in [9.17, 15) is 24.3 Å². The number of hydrogen-bond donors (Lipinski definition) is 9. The van der Waals surface area contributed by atoms with E-state index in [2.05, 4.69) is 40.9 Å². The van der Waals surface area contributed by atoms with Gasteiger partial charge in [0.2, 0.25) is 17.7 Å². The van der Waals surface area contributed by atoms with Gasteiger partial charge in [0.25, 0.3) is 0 Å². The van der Waals surface area contributed by atoms with Crippen molar-refractivity contribution in [2.24, 2.45) is 22.2 Å². The number of hydrogen-bond acceptors (Lipinski definition) is 8. The van der Waals surface area contributed by atoms with Gasteiger partial charge < -0.3 is 48.2 Å². The highest BCUT2D eigenvalue weighted by molar-refractivity contribution is 5.94. The molecule has 2 rings (SSSR count). The minimum absolute atomic E-state index is 0.0179. The molecule has 2 heterocycles. The van der Waals surface area contributed by atoms with Crippen molar-refractivity contribution < 1.29 is 24.3 Å². The molecule has 0 aliphatic heterocycles. The summed E-state index contributed by atoms with van der Waals surface area (Å²) in [7, 11) is 0. The molecule has 4 unspecified atom stereocenters. The zero-order valence-corrected chi connectivity index (χ0v) is 20.3. The zero-order chi connectivity index (χ0) is 27.4. The van der Waals surface area contributed by atoms with Crippen LogP contribution >= 0.6 is 0 Å². The first-order valence-electron chi connectivity index (χ1n) is 11.5. The quantitative estimate of drug-likeness (QED) is 0.0647. The summed E-state index contributed by atoms with van der Waals surface area (Å²) in [6.07, 6.45) is 6.13. The number of aromatic nitrogens is 4. The van der Waals surface area contributed by atoms with Crippen LogP contribution in [0.15, 0.2) is 30.0 Å². The largest absolute Gasteiger partial charge is 0.480 e. The Bertz CT molecular complexity index is 1050. The second-order valence-corrected chi connectivity index (χ2v) is 8.32. The number of carboxylic acids is 1. The maximum Gasteiger partial charge on any atom is 0.326 e. The summed E-state index contributed by atoms with van der Waals surface area (Å²) in [5.41, 5.74) is 17.3. The normalized spacial score (nSPS) is 14.0. The van der Waals surface area contributed by atoms with E-state index >= 15 is 0 Å². The Morgan fingerprint density at radius 1 is 0.919 bits per heavy atom. The second kappa shape index (κ2) is 14.2. The van der Waals surface area contributed by atoms with Gasteiger partial charge in [0.05, 0.1) is 18.7 Å². The van der Waals surface area contributed by atoms with Gasteiger partial charge in [-0.05, 0) is 19.8 Å². The Balaban J connectivity index is 2.18. The zero-order valence-electron chi connectivity index (χ0n) is 20.3. The molecule has 0 radical (unpaired) electrons. The molecule has 0 aliphatic rings. The Kier molecular flexibility index (Phi) is 11.0. The standard InChI is InChI=1S/C21H33N11O5/c1-11(22)17(33)30-14(3-2-4-27-21(23)24)18(34)31-15(5-12-7-25-9-28-12)19(35)32-16(20(36)37)6-13-8-26-10-29-13/h7-11,14-16H,2-6,22H2,1H3,(H,25,28)(H,26,29)(H,30,33)(H,31,34)(H,32,35)(H,36,37)(H4,23,24,27). The topological polar surface area (TPSA) is 272 Å². The van der Waals surface area contributed by atoms with Crippen LogP contribution in [0.2, 0.25) is 0 Å². The van der Waals surface area contributed by atoms with E-state index in [1.165, 1.54) is 32.0 Å². The van der Waals surface area contributed by atoms with Crippen LogP contribution in [0.5, 0.6) is 0 Å². The second-order valence-electron chi connectivity index (χ2n) is 8.32. The lowest BCUT2D eigenvalue weighted by Crippen LogP contribution is -2.57. The number of carbonyl (C=O) groups excluding carboxylic acids is 3. The minimum atomic E-state index is -1.29. The molecule has 2 aromatic heterocycles. The van der Waals surface area contributed by atoms with Gasteiger partial charge >= 0.3 is 5.97 Å². The number of aromatic amines is 2. The number of aliphatic carboxylic acids is 1. The van der Waals surface area contributed by atoms with E-state index in [0.29, 0.717) is 17.8 Å². The average molecular weight is 520 g/mol. The summed E-state index contributed by atoms with van der Waals surface area (Å²) in [6.45, 7) is 1.68. The summed E-state index contributed by atoms with van der Waals surface area (Å²) < 4.78 is 0. The molecule has 3 amide bonds. The van der Waals surface area contributed by atoms with Crippen LogP contribution in [0.25, 0.3) is 0 Å². The highest BCUT2D eigenvalue weighted by atomic mass is 16.4. The van der Waals surface area contributed by atoms with E-state index in [0.717, 1.165) is 0 Å². The maximum atomic E-state index is 13.2. The number of aliphatic imine (C=N–C) groups is 1. The van der Waals surface area contributed by atoms with E-state index < -0.39 is 47.9 Å². The first-order valence-corrected chi connectivity index (χ1v) is 11.5. The van der Waals surface area contributed by atoms with Crippen molar-refractivity contribution in [2.45, 2.75) is 56.8 Å². The number of amides is 3. The molecule has 0 bridgehead atoms. The fourth-order valence-corrected chi connectivity index (χ4v) is 3.26. The SMILES string of the molecule is CC(N)C(=O)NC(CCCN=C(N)N)C(=O)NC(Cc1cnc[nH]1)C(=O)NC(Cc1cnc[nH]1)C(=O)O. The van der Waals surface area contributed by atoms with E-state index in [-0.39, 0.29) is 31.8 Å². The lowest BCUT2D eigenvalue weighted by molar-refractivity contribution is -0.142. The molecule has 0 saturated heterocycles. The summed E-state index contributed by atoms with van der Waals surface area (Å²) >= 11 is 0. The number of imidazole rings is 2. The summed E-state index contributed by atoms with van der Waals surface area (Å²) in [5, 5.41) is 17.2. The van der Waals surface area contributed by atoms with Crippen LogP contribution in [0, 0.1) is 0 Å². The molecular weight excluding hydrogens is 486 g/mol. The van der Waals surface area contributed by atoms with Gasteiger partial charge in [0.15, 0.2) is 5.96 Å². The van der Waals surface area contributed by atoms with E-state index in [1.807, 2.05) is 0 Å². The first-order chi connectivity index (χ1) is 17.6. The summed E-state index contributed by atoms with van der Waals surface area (Å²) in [5.74, 6) is -3.36. The number of nitrogens with zero attached hydrogens (tertiary/aromatic N) is 3. The lowest BCUT2D eigenvalue weighted by Gasteiger charge is -2.24. The van der Waals surface area contributed by atoms with Crippen LogP contribution in [-0.2, 0) is 32.0 Å². The predicted molar refractivity (Wildman–Crippen MR) is 132 cm³/mol. The predicted octanol–water partition coefficient (Wildman–Crippen LogP) is -3.14. The van der Waals surface area contributed by atoms with Crippen molar-refractivity contribution in [1.29, 1.82) is 0 Å². The van der Waals surface area contributed by atoms with Crippen molar-refractivity contribution in [3.8, 4) is 0 Å². The van der Waals surface area contributed by atoms with Gasteiger partial charge in [-0.3, -0.25) is 19.4 Å². The highest BCUT2D eigenvalue weighted by Gasteiger charge is 2.30. The summed E-state index contributed by atoms with van der Waals surface area (Å²) in [4.78, 5) is 67.5. The number of nitrogens with one attached hydrogen (secondary N) is 5. The Labute approximate surface area is 212 Å². The van der Waals surface area contributed by atoms with Crippen LogP contribution < -0.4 is 33.2 Å². The number of nitrogens with two attached hydrogens (primary N) is 3. The molecule has 2 aromatic rings. The van der Waals surface area contributed by atoms with Gasteiger partial charge in [-0.15, -0.1) is 0 Å². The van der Waals surface area contributed by atoms with Crippen molar-refractivity contribution in [3.63, 3.8) is 0 Å². The fraction of sp³-hybridized carbons (Fsp3) is 0.476. The lowest BCUT2D eigenvalue weighted by atomic mass is 10.1. The molecule has 0 aromatic carbocycles. The van der Waals surface area contributed by atoms with Gasteiger partial charge in [-0.2, -0.15) is 0 Å². The number of rotatable bonds is 15. The molecule has 16 heteroatoms. The Morgan fingerprint density at radius 2 is 1.43 bits per heavy atom. The molecule has 202 valence electrons. The van der Waals surface area contributed by atoms with Crippen molar-refractivity contribution in [1.82, 2.24) is 35.9 Å². The molecule has 16 nitrogen and oxygen atoms in total. The van der Waals surface area contributed by atoms with Crippen LogP contribution in [0.4, 0.5) is 0 Å². The number of guanidine groups is 1. The molecule has 0 spiro atoms. The monoisotopic (exact) mass is 519 g/mol. The third-order valence-corrected chi connectivity index (χ3v) is 5.20. The molecule has 12 N–H and O–H groups in total. The van der Waals surface area contributed by atoms with Gasteiger partial charge in [-0.1, -0.05) is 0 Å². The molecule has 4 atom stereocenters. The Morgan fingerprint density at radius 3 is 1.92 bits per heavy atom. The average Bonchev–Trinajstić information content (AvgIpc) is 3.54. The number of H-pyrrole nitrogens is 2. The molecular formula is C21H33N11O5. The minimum Gasteiger partial charge on any atom is -0.480 e. The van der Waals surface area contributed by atoms with Gasteiger partial charge in [0, 0.05) is 43.2 Å². The first kappa shape index (κ1) is 28.8. The third kappa shape index (κ3) is 9.96. The number of carbonyl (C=O) groups is 4. The Hall–Kier alpha value is -4.47. The van der Waals surface area contributed by atoms with Crippen molar-refractivity contribution >= 4 is 29.7 Å². The van der Waals surface area contributed by atoms with Gasteiger partial charge in [0.1, 0.15) is 18.1 Å². The maximum absolute atomic E-state index is 13.2.